The van der Waals surface area contributed by atoms with Crippen molar-refractivity contribution in [3.63, 3.8) is 0 Å². The van der Waals surface area contributed by atoms with Crippen LogP contribution in [-0.2, 0) is 20.9 Å². The highest BCUT2D eigenvalue weighted by molar-refractivity contribution is 5.77. The Balaban J connectivity index is 1.46. The van der Waals surface area contributed by atoms with E-state index in [0.717, 1.165) is 11.3 Å². The first-order valence-electron chi connectivity index (χ1n) is 11.3. The van der Waals surface area contributed by atoms with Gasteiger partial charge in [0.1, 0.15) is 17.8 Å². The molecule has 1 aliphatic rings. The van der Waals surface area contributed by atoms with Crippen molar-refractivity contribution in [2.24, 2.45) is 5.92 Å². The predicted molar refractivity (Wildman–Crippen MR) is 122 cm³/mol. The summed E-state index contributed by atoms with van der Waals surface area (Å²) in [6.07, 6.45) is 4.40. The summed E-state index contributed by atoms with van der Waals surface area (Å²) in [5, 5.41) is 4.49. The molecule has 1 aliphatic heterocycles. The van der Waals surface area contributed by atoms with E-state index in [1.165, 1.54) is 9.08 Å². The van der Waals surface area contributed by atoms with Crippen LogP contribution >= 0.6 is 0 Å². The molecule has 33 heavy (non-hydrogen) atoms. The number of esters is 1. The van der Waals surface area contributed by atoms with Gasteiger partial charge in [-0.1, -0.05) is 0 Å². The second-order valence-corrected chi connectivity index (χ2v) is 7.96. The molecule has 0 radical (unpaired) electrons. The fraction of sp³-hybridized carbons (Fsp3) is 0.417. The van der Waals surface area contributed by atoms with Crippen LogP contribution in [0.4, 0.5) is 0 Å². The van der Waals surface area contributed by atoms with Gasteiger partial charge in [0.25, 0.3) is 5.56 Å². The highest BCUT2D eigenvalue weighted by Gasteiger charge is 2.28. The molecule has 3 aromatic rings. The van der Waals surface area contributed by atoms with Crippen molar-refractivity contribution in [3.8, 4) is 17.0 Å². The Hall–Kier alpha value is -3.62. The number of nitrogens with zero attached hydrogens (tertiary/aromatic N) is 4. The summed E-state index contributed by atoms with van der Waals surface area (Å²) < 4.78 is 13.5. The maximum Gasteiger partial charge on any atom is 0.309 e. The van der Waals surface area contributed by atoms with Crippen molar-refractivity contribution < 1.29 is 19.1 Å². The first-order chi connectivity index (χ1) is 16.0. The third-order valence-electron chi connectivity index (χ3n) is 5.84. The Kier molecular flexibility index (Phi) is 6.76. The maximum atomic E-state index is 13.0. The molecular formula is C24H28N4O5. The molecule has 9 nitrogen and oxygen atoms in total. The molecule has 0 atom stereocenters. The van der Waals surface area contributed by atoms with E-state index < -0.39 is 0 Å². The Morgan fingerprint density at radius 3 is 2.45 bits per heavy atom. The van der Waals surface area contributed by atoms with Gasteiger partial charge in [-0.2, -0.15) is 5.10 Å². The van der Waals surface area contributed by atoms with Crippen LogP contribution < -0.4 is 10.3 Å². The highest BCUT2D eigenvalue weighted by Crippen LogP contribution is 2.22. The summed E-state index contributed by atoms with van der Waals surface area (Å²) in [5.41, 5.74) is 1.65. The second-order valence-electron chi connectivity index (χ2n) is 7.96. The Morgan fingerprint density at radius 2 is 1.79 bits per heavy atom. The number of rotatable bonds is 7. The minimum Gasteiger partial charge on any atom is -0.494 e. The fourth-order valence-corrected chi connectivity index (χ4v) is 4.05. The van der Waals surface area contributed by atoms with Crippen LogP contribution in [0.15, 0.2) is 47.5 Å². The molecule has 0 saturated carbocycles. The third-order valence-corrected chi connectivity index (χ3v) is 5.84. The van der Waals surface area contributed by atoms with Crippen molar-refractivity contribution in [2.45, 2.75) is 33.2 Å². The van der Waals surface area contributed by atoms with Gasteiger partial charge in [-0.15, -0.1) is 0 Å². The number of benzene rings is 1. The summed E-state index contributed by atoms with van der Waals surface area (Å²) in [6, 6.07) is 9.25. The molecule has 4 rings (SSSR count). The van der Waals surface area contributed by atoms with E-state index >= 15 is 0 Å². The maximum absolute atomic E-state index is 13.0. The molecule has 174 valence electrons. The number of hydrogen-bond donors (Lipinski definition) is 0. The van der Waals surface area contributed by atoms with Crippen LogP contribution in [0.25, 0.3) is 16.8 Å². The summed E-state index contributed by atoms with van der Waals surface area (Å²) in [7, 11) is 0. The van der Waals surface area contributed by atoms with E-state index in [2.05, 4.69) is 5.10 Å². The highest BCUT2D eigenvalue weighted by atomic mass is 16.5. The van der Waals surface area contributed by atoms with Crippen LogP contribution in [0.1, 0.15) is 26.7 Å². The van der Waals surface area contributed by atoms with Crippen LogP contribution in [0.2, 0.25) is 0 Å². The third kappa shape index (κ3) is 4.92. The van der Waals surface area contributed by atoms with E-state index in [1.54, 1.807) is 30.3 Å². The number of carbonyl (C=O) groups excluding carboxylic acids is 2. The van der Waals surface area contributed by atoms with Gasteiger partial charge in [-0.05, 0) is 57.0 Å². The van der Waals surface area contributed by atoms with Crippen molar-refractivity contribution in [1.82, 2.24) is 19.1 Å². The molecular weight excluding hydrogens is 424 g/mol. The molecule has 1 saturated heterocycles. The van der Waals surface area contributed by atoms with E-state index in [-0.39, 0.29) is 29.9 Å². The molecule has 1 amide bonds. The Bertz CT molecular complexity index is 1190. The number of piperidine rings is 1. The molecule has 1 aromatic carbocycles. The van der Waals surface area contributed by atoms with Crippen molar-refractivity contribution in [1.29, 1.82) is 0 Å². The number of carbonyl (C=O) groups is 2. The molecule has 0 unspecified atom stereocenters. The molecule has 1 fully saturated rings. The summed E-state index contributed by atoms with van der Waals surface area (Å²) in [5.74, 6) is 0.267. The number of ether oxygens (including phenoxy) is 2. The lowest BCUT2D eigenvalue weighted by Gasteiger charge is -2.31. The number of hydrogen-bond acceptors (Lipinski definition) is 6. The van der Waals surface area contributed by atoms with Crippen LogP contribution in [0.5, 0.6) is 5.75 Å². The monoisotopic (exact) mass is 452 g/mol. The summed E-state index contributed by atoms with van der Waals surface area (Å²) in [4.78, 5) is 39.4. The zero-order valence-electron chi connectivity index (χ0n) is 18.9. The molecule has 9 heteroatoms. The van der Waals surface area contributed by atoms with Crippen LogP contribution in [0.3, 0.4) is 0 Å². The molecule has 2 aromatic heterocycles. The SMILES string of the molecule is CCOC(=O)C1CCN(C(=O)Cn2ccn3nc(-c4ccc(OCC)cc4)cc3c2=O)CC1. The molecule has 0 N–H and O–H groups in total. The second kappa shape index (κ2) is 9.89. The molecule has 0 spiro atoms. The first kappa shape index (κ1) is 22.6. The van der Waals surface area contributed by atoms with Gasteiger partial charge in [0.2, 0.25) is 5.91 Å². The van der Waals surface area contributed by atoms with Crippen LogP contribution in [-0.4, -0.2) is 57.3 Å². The van der Waals surface area contributed by atoms with Gasteiger partial charge in [-0.3, -0.25) is 14.4 Å². The van der Waals surface area contributed by atoms with Gasteiger partial charge in [-0.25, -0.2) is 4.52 Å². The topological polar surface area (TPSA) is 95.1 Å². The summed E-state index contributed by atoms with van der Waals surface area (Å²) >= 11 is 0. The number of amides is 1. The average molecular weight is 453 g/mol. The van der Waals surface area contributed by atoms with Gasteiger partial charge in [0.05, 0.1) is 24.8 Å². The lowest BCUT2D eigenvalue weighted by atomic mass is 9.97. The largest absolute Gasteiger partial charge is 0.494 e. The Morgan fingerprint density at radius 1 is 1.06 bits per heavy atom. The minimum absolute atomic E-state index is 0.0526. The summed E-state index contributed by atoms with van der Waals surface area (Å²) in [6.45, 7) is 5.57. The number of aromatic nitrogens is 3. The molecule has 0 bridgehead atoms. The number of likely N-dealkylation sites (tertiary alicyclic amines) is 1. The van der Waals surface area contributed by atoms with Crippen molar-refractivity contribution in [2.75, 3.05) is 26.3 Å². The Labute approximate surface area is 191 Å². The van der Waals surface area contributed by atoms with Gasteiger partial charge in [0, 0.05) is 31.0 Å². The van der Waals surface area contributed by atoms with E-state index in [9.17, 15) is 14.4 Å². The van der Waals surface area contributed by atoms with Crippen molar-refractivity contribution in [3.05, 3.63) is 53.1 Å². The predicted octanol–water partition coefficient (Wildman–Crippen LogP) is 2.36. The minimum atomic E-state index is -0.281. The smallest absolute Gasteiger partial charge is 0.309 e. The van der Waals surface area contributed by atoms with Gasteiger partial charge in [0.15, 0.2) is 0 Å². The van der Waals surface area contributed by atoms with Gasteiger partial charge >= 0.3 is 5.97 Å². The zero-order chi connectivity index (χ0) is 23.4. The molecule has 3 heterocycles. The lowest BCUT2D eigenvalue weighted by molar-refractivity contribution is -0.151. The van der Waals surface area contributed by atoms with Gasteiger partial charge < -0.3 is 18.9 Å². The lowest BCUT2D eigenvalue weighted by Crippen LogP contribution is -2.43. The number of fused-ring (bicyclic) bond motifs is 1. The normalized spacial score (nSPS) is 14.4. The quantitative estimate of drug-likeness (QED) is 0.511. The van der Waals surface area contributed by atoms with Crippen LogP contribution in [0, 0.1) is 5.92 Å². The van der Waals surface area contributed by atoms with Crippen molar-refractivity contribution >= 4 is 17.4 Å². The zero-order valence-corrected chi connectivity index (χ0v) is 18.9. The first-order valence-corrected chi connectivity index (χ1v) is 11.3. The van der Waals surface area contributed by atoms with E-state index in [1.807, 2.05) is 31.2 Å². The molecule has 0 aliphatic carbocycles. The van der Waals surface area contributed by atoms with E-state index in [4.69, 9.17) is 9.47 Å². The standard InChI is InChI=1S/C24H28N4O5/c1-3-32-19-7-5-17(6-8-19)20-15-21-23(30)27(13-14-28(21)25-20)16-22(29)26-11-9-18(10-12-26)24(31)33-4-2/h5-8,13-15,18H,3-4,9-12,16H2,1-2H3. The fourth-order valence-electron chi connectivity index (χ4n) is 4.05. The van der Waals surface area contributed by atoms with E-state index in [0.29, 0.717) is 50.4 Å². The average Bonchev–Trinajstić information content (AvgIpc) is 3.27.